The number of rotatable bonds is 6. The molecule has 1 spiro atoms. The van der Waals surface area contributed by atoms with Gasteiger partial charge in [0.2, 0.25) is 11.8 Å². The molecule has 2 amide bonds. The highest BCUT2D eigenvalue weighted by atomic mass is 32.1. The Labute approximate surface area is 179 Å². The number of anilines is 1. The van der Waals surface area contributed by atoms with Crippen molar-refractivity contribution in [1.82, 2.24) is 10.3 Å². The third-order valence-electron chi connectivity index (χ3n) is 6.24. The van der Waals surface area contributed by atoms with Crippen molar-refractivity contribution < 1.29 is 19.1 Å². The predicted octanol–water partition coefficient (Wildman–Crippen LogP) is 2.75. The van der Waals surface area contributed by atoms with Gasteiger partial charge in [-0.25, -0.2) is 4.98 Å². The van der Waals surface area contributed by atoms with Gasteiger partial charge in [-0.15, -0.1) is 0 Å². The van der Waals surface area contributed by atoms with Crippen LogP contribution in [-0.2, 0) is 14.3 Å². The molecule has 8 heteroatoms. The smallest absolute Gasteiger partial charge is 0.236 e. The maximum atomic E-state index is 13.4. The number of hydrogen-bond acceptors (Lipinski definition) is 6. The molecule has 0 radical (unpaired) electrons. The SMILES string of the molecule is COc1ccc2sc(N3C[C@]45C=C[C@@H](O4)[C@@H](C(=O)NCCC(C)C)[C@H]5C3=O)nc2c1. The standard InChI is InChI=1S/C22H25N3O4S/c1-12(2)7-9-23-19(26)17-15-6-8-22(29-15)11-25(20(27)18(17)22)21-24-14-10-13(28-3)4-5-16(14)30-21/h4-6,8,10,12,15,17-18H,7,9,11H2,1-3H3,(H,23,26)/t15-,17-,18+,22+/m1/s1. The van der Waals surface area contributed by atoms with E-state index in [9.17, 15) is 9.59 Å². The zero-order chi connectivity index (χ0) is 21.0. The maximum Gasteiger partial charge on any atom is 0.236 e. The molecule has 2 aromatic rings. The number of nitrogens with one attached hydrogen (secondary N) is 1. The molecule has 0 aliphatic carbocycles. The van der Waals surface area contributed by atoms with Crippen molar-refractivity contribution >= 4 is 38.5 Å². The lowest BCUT2D eigenvalue weighted by molar-refractivity contribution is -0.131. The Kier molecular flexibility index (Phi) is 4.59. The van der Waals surface area contributed by atoms with Crippen molar-refractivity contribution in [2.24, 2.45) is 17.8 Å². The van der Waals surface area contributed by atoms with Crippen LogP contribution in [0.3, 0.4) is 0 Å². The molecule has 2 saturated heterocycles. The van der Waals surface area contributed by atoms with Crippen LogP contribution in [0.1, 0.15) is 20.3 Å². The Balaban J connectivity index is 1.41. The zero-order valence-corrected chi connectivity index (χ0v) is 18.1. The highest BCUT2D eigenvalue weighted by Gasteiger charge is 2.67. The van der Waals surface area contributed by atoms with E-state index in [2.05, 4.69) is 24.1 Å². The molecule has 4 atom stereocenters. The van der Waals surface area contributed by atoms with Crippen molar-refractivity contribution in [1.29, 1.82) is 0 Å². The molecule has 7 nitrogen and oxygen atoms in total. The van der Waals surface area contributed by atoms with Gasteiger partial charge in [-0.3, -0.25) is 14.5 Å². The Morgan fingerprint density at radius 1 is 1.47 bits per heavy atom. The van der Waals surface area contributed by atoms with Crippen LogP contribution in [0.5, 0.6) is 5.75 Å². The number of ether oxygens (including phenoxy) is 2. The van der Waals surface area contributed by atoms with Gasteiger partial charge in [0.05, 0.1) is 41.8 Å². The van der Waals surface area contributed by atoms with Crippen molar-refractivity contribution in [2.75, 3.05) is 25.1 Å². The largest absolute Gasteiger partial charge is 0.497 e. The molecule has 3 aliphatic heterocycles. The van der Waals surface area contributed by atoms with E-state index in [0.717, 1.165) is 22.4 Å². The first-order valence-corrected chi connectivity index (χ1v) is 11.1. The van der Waals surface area contributed by atoms with Crippen LogP contribution in [0.15, 0.2) is 30.4 Å². The average Bonchev–Trinajstić information content (AvgIpc) is 3.45. The van der Waals surface area contributed by atoms with E-state index in [1.54, 1.807) is 12.0 Å². The molecule has 158 valence electrons. The van der Waals surface area contributed by atoms with Gasteiger partial charge in [0, 0.05) is 12.6 Å². The normalized spacial score (nSPS) is 29.3. The van der Waals surface area contributed by atoms with E-state index in [1.165, 1.54) is 11.3 Å². The van der Waals surface area contributed by atoms with E-state index < -0.39 is 17.4 Å². The number of nitrogens with zero attached hydrogens (tertiary/aromatic N) is 2. The van der Waals surface area contributed by atoms with Gasteiger partial charge in [-0.1, -0.05) is 37.3 Å². The number of aromatic nitrogens is 1. The quantitative estimate of drug-likeness (QED) is 0.717. The van der Waals surface area contributed by atoms with Crippen molar-refractivity contribution in [3.05, 3.63) is 30.4 Å². The van der Waals surface area contributed by atoms with Crippen LogP contribution < -0.4 is 15.0 Å². The number of carbonyl (C=O) groups excluding carboxylic acids is 2. The molecule has 1 aromatic carbocycles. The summed E-state index contributed by atoms with van der Waals surface area (Å²) in [5.74, 6) is 0.0555. The highest BCUT2D eigenvalue weighted by Crippen LogP contribution is 2.53. The van der Waals surface area contributed by atoms with E-state index >= 15 is 0 Å². The summed E-state index contributed by atoms with van der Waals surface area (Å²) < 4.78 is 12.5. The van der Waals surface area contributed by atoms with Crippen LogP contribution in [0, 0.1) is 17.8 Å². The molecule has 4 heterocycles. The van der Waals surface area contributed by atoms with Crippen LogP contribution in [0.4, 0.5) is 5.13 Å². The minimum absolute atomic E-state index is 0.0862. The summed E-state index contributed by atoms with van der Waals surface area (Å²) >= 11 is 1.46. The lowest BCUT2D eigenvalue weighted by Crippen LogP contribution is -2.44. The number of benzene rings is 1. The van der Waals surface area contributed by atoms with Crippen molar-refractivity contribution in [2.45, 2.75) is 32.0 Å². The first-order chi connectivity index (χ1) is 14.4. The molecule has 1 aromatic heterocycles. The summed E-state index contributed by atoms with van der Waals surface area (Å²) in [6.45, 7) is 5.24. The molecule has 5 rings (SSSR count). The molecular weight excluding hydrogens is 402 g/mol. The molecule has 2 bridgehead atoms. The van der Waals surface area contributed by atoms with Crippen LogP contribution in [-0.4, -0.2) is 48.7 Å². The number of hydrogen-bond donors (Lipinski definition) is 1. The maximum absolute atomic E-state index is 13.4. The number of fused-ring (bicyclic) bond motifs is 2. The van der Waals surface area contributed by atoms with Crippen LogP contribution >= 0.6 is 11.3 Å². The zero-order valence-electron chi connectivity index (χ0n) is 17.3. The fourth-order valence-electron chi connectivity index (χ4n) is 4.70. The van der Waals surface area contributed by atoms with Crippen molar-refractivity contribution in [3.63, 3.8) is 0 Å². The van der Waals surface area contributed by atoms with Crippen LogP contribution in [0.25, 0.3) is 10.2 Å². The third kappa shape index (κ3) is 2.93. The van der Waals surface area contributed by atoms with Gasteiger partial charge >= 0.3 is 0 Å². The summed E-state index contributed by atoms with van der Waals surface area (Å²) in [4.78, 5) is 32.7. The second-order valence-corrected chi connectivity index (χ2v) is 9.64. The van der Waals surface area contributed by atoms with Gasteiger partial charge in [0.25, 0.3) is 0 Å². The van der Waals surface area contributed by atoms with E-state index in [4.69, 9.17) is 9.47 Å². The summed E-state index contributed by atoms with van der Waals surface area (Å²) in [5.41, 5.74) is 0.0533. The minimum atomic E-state index is -0.739. The Hall–Kier alpha value is -2.45. The molecule has 30 heavy (non-hydrogen) atoms. The topological polar surface area (TPSA) is 80.8 Å². The van der Waals surface area contributed by atoms with E-state index in [1.807, 2.05) is 30.4 Å². The van der Waals surface area contributed by atoms with Gasteiger partial charge in [-0.05, 0) is 24.5 Å². The summed E-state index contributed by atoms with van der Waals surface area (Å²) in [7, 11) is 1.62. The van der Waals surface area contributed by atoms with E-state index in [0.29, 0.717) is 24.1 Å². The fraction of sp³-hybridized carbons (Fsp3) is 0.500. The lowest BCUT2D eigenvalue weighted by Gasteiger charge is -2.23. The first-order valence-electron chi connectivity index (χ1n) is 10.3. The van der Waals surface area contributed by atoms with Gasteiger partial charge in [0.15, 0.2) is 5.13 Å². The monoisotopic (exact) mass is 427 g/mol. The summed E-state index contributed by atoms with van der Waals surface area (Å²) in [6, 6.07) is 5.69. The highest BCUT2D eigenvalue weighted by molar-refractivity contribution is 7.22. The number of carbonyl (C=O) groups is 2. The molecular formula is C22H25N3O4S. The average molecular weight is 428 g/mol. The van der Waals surface area contributed by atoms with Crippen molar-refractivity contribution in [3.8, 4) is 5.75 Å². The molecule has 0 saturated carbocycles. The summed E-state index contributed by atoms with van der Waals surface area (Å²) in [5, 5.41) is 3.64. The molecule has 0 unspecified atom stereocenters. The number of thiazole rings is 1. The molecule has 1 N–H and O–H groups in total. The number of amides is 2. The van der Waals surface area contributed by atoms with Gasteiger partial charge < -0.3 is 14.8 Å². The Bertz CT molecular complexity index is 1050. The predicted molar refractivity (Wildman–Crippen MR) is 115 cm³/mol. The molecule has 2 fully saturated rings. The van der Waals surface area contributed by atoms with Gasteiger partial charge in [-0.2, -0.15) is 0 Å². The molecule has 3 aliphatic rings. The lowest BCUT2D eigenvalue weighted by atomic mass is 9.77. The van der Waals surface area contributed by atoms with Gasteiger partial charge in [0.1, 0.15) is 11.4 Å². The Morgan fingerprint density at radius 2 is 2.30 bits per heavy atom. The first kappa shape index (κ1) is 19.5. The van der Waals surface area contributed by atoms with E-state index in [-0.39, 0.29) is 17.9 Å². The second kappa shape index (κ2) is 7.06. The summed E-state index contributed by atoms with van der Waals surface area (Å²) in [6.07, 6.45) is 4.47. The fourth-order valence-corrected chi connectivity index (χ4v) is 5.65. The second-order valence-electron chi connectivity index (χ2n) is 8.63. The van der Waals surface area contributed by atoms with Crippen LogP contribution in [0.2, 0.25) is 0 Å². The Morgan fingerprint density at radius 3 is 3.07 bits per heavy atom. The number of methoxy groups -OCH3 is 1. The minimum Gasteiger partial charge on any atom is -0.497 e. The third-order valence-corrected chi connectivity index (χ3v) is 7.30.